The Morgan fingerprint density at radius 3 is 2.68 bits per heavy atom. The highest BCUT2D eigenvalue weighted by atomic mass is 32.2. The first-order chi connectivity index (χ1) is 8.98. The monoisotopic (exact) mass is 282 g/mol. The van der Waals surface area contributed by atoms with Gasteiger partial charge in [0.1, 0.15) is 0 Å². The molecule has 0 atom stereocenters. The van der Waals surface area contributed by atoms with E-state index in [-0.39, 0.29) is 6.61 Å². The smallest absolute Gasteiger partial charge is 0.299 e. The fourth-order valence-corrected chi connectivity index (χ4v) is 2.42. The van der Waals surface area contributed by atoms with Crippen molar-refractivity contribution in [2.24, 2.45) is 0 Å². The fourth-order valence-electron chi connectivity index (χ4n) is 1.45. The summed E-state index contributed by atoms with van der Waals surface area (Å²) in [5.41, 5.74) is 2.10. The predicted molar refractivity (Wildman–Crippen MR) is 76.0 cm³/mol. The molecule has 0 bridgehead atoms. The molecule has 0 heterocycles. The van der Waals surface area contributed by atoms with Gasteiger partial charge in [0.15, 0.2) is 0 Å². The Kier molecular flexibility index (Phi) is 5.83. The molecule has 0 amide bonds. The number of anilines is 1. The van der Waals surface area contributed by atoms with E-state index in [1.807, 2.05) is 0 Å². The number of rotatable bonds is 5. The maximum Gasteiger partial charge on any atom is 0.299 e. The molecule has 1 aromatic rings. The van der Waals surface area contributed by atoms with Crippen molar-refractivity contribution in [1.82, 2.24) is 4.72 Å². The topological polar surface area (TPSA) is 78.4 Å². The molecular weight excluding hydrogens is 264 g/mol. The molecule has 1 aromatic carbocycles. The highest BCUT2D eigenvalue weighted by Gasteiger charge is 2.09. The van der Waals surface area contributed by atoms with E-state index in [2.05, 4.69) is 21.3 Å². The lowest BCUT2D eigenvalue weighted by Crippen LogP contribution is -2.30. The van der Waals surface area contributed by atoms with Crippen molar-refractivity contribution in [3.63, 3.8) is 0 Å². The Bertz CT molecular complexity index is 586. The normalized spacial score (nSPS) is 10.7. The molecule has 0 unspecified atom stereocenters. The first-order valence-corrected chi connectivity index (χ1v) is 7.44. The molecule has 0 spiro atoms. The molecule has 0 aliphatic rings. The summed E-state index contributed by atoms with van der Waals surface area (Å²) in [5.74, 6) is 5.71. The van der Waals surface area contributed by atoms with E-state index < -0.39 is 10.2 Å². The molecule has 19 heavy (non-hydrogen) atoms. The maximum atomic E-state index is 11.6. The predicted octanol–water partition coefficient (Wildman–Crippen LogP) is 0.995. The van der Waals surface area contributed by atoms with Crippen LogP contribution in [0.3, 0.4) is 0 Å². The van der Waals surface area contributed by atoms with Crippen molar-refractivity contribution in [2.75, 3.05) is 17.9 Å². The van der Waals surface area contributed by atoms with Gasteiger partial charge in [-0.25, -0.2) is 0 Å². The first-order valence-electron chi connectivity index (χ1n) is 5.96. The second-order valence-corrected chi connectivity index (χ2v) is 5.41. The lowest BCUT2D eigenvalue weighted by molar-refractivity contribution is 0.305. The molecule has 0 radical (unpaired) electrons. The average Bonchev–Trinajstić information content (AvgIpc) is 2.32. The van der Waals surface area contributed by atoms with Gasteiger partial charge >= 0.3 is 0 Å². The van der Waals surface area contributed by atoms with Gasteiger partial charge in [0.2, 0.25) is 0 Å². The van der Waals surface area contributed by atoms with E-state index >= 15 is 0 Å². The van der Waals surface area contributed by atoms with Gasteiger partial charge in [0, 0.05) is 18.5 Å². The number of nitrogens with one attached hydrogen (secondary N) is 2. The third-order valence-corrected chi connectivity index (χ3v) is 3.43. The van der Waals surface area contributed by atoms with Gasteiger partial charge in [-0.1, -0.05) is 18.8 Å². The lowest BCUT2D eigenvalue weighted by atomic mass is 10.1. The minimum Gasteiger partial charge on any atom is -0.395 e. The molecule has 0 aliphatic carbocycles. The highest BCUT2D eigenvalue weighted by molar-refractivity contribution is 7.90. The molecule has 5 nitrogen and oxygen atoms in total. The van der Waals surface area contributed by atoms with Gasteiger partial charge in [0.25, 0.3) is 10.2 Å². The molecule has 1 rings (SSSR count). The Morgan fingerprint density at radius 2 is 2.11 bits per heavy atom. The van der Waals surface area contributed by atoms with Crippen molar-refractivity contribution in [1.29, 1.82) is 0 Å². The first kappa shape index (κ1) is 15.5. The van der Waals surface area contributed by atoms with Crippen LogP contribution < -0.4 is 9.44 Å². The van der Waals surface area contributed by atoms with Crippen LogP contribution in [0, 0.1) is 18.8 Å². The number of hydrogen-bond donors (Lipinski definition) is 3. The quantitative estimate of drug-likeness (QED) is 0.705. The number of aryl methyl sites for hydroxylation is 1. The van der Waals surface area contributed by atoms with Gasteiger partial charge in [-0.2, -0.15) is 13.1 Å². The third kappa shape index (κ3) is 5.30. The molecule has 3 N–H and O–H groups in total. The van der Waals surface area contributed by atoms with Crippen LogP contribution in [0.2, 0.25) is 0 Å². The lowest BCUT2D eigenvalue weighted by Gasteiger charge is -2.10. The molecule has 0 saturated carbocycles. The average molecular weight is 282 g/mol. The van der Waals surface area contributed by atoms with E-state index in [0.29, 0.717) is 18.7 Å². The van der Waals surface area contributed by atoms with E-state index in [0.717, 1.165) is 11.1 Å². The summed E-state index contributed by atoms with van der Waals surface area (Å²) >= 11 is 0. The van der Waals surface area contributed by atoms with Gasteiger partial charge < -0.3 is 5.11 Å². The highest BCUT2D eigenvalue weighted by Crippen LogP contribution is 2.17. The van der Waals surface area contributed by atoms with Crippen LogP contribution in [0.15, 0.2) is 18.2 Å². The second kappa shape index (κ2) is 7.14. The van der Waals surface area contributed by atoms with Crippen LogP contribution in [-0.2, 0) is 10.2 Å². The SMILES string of the molecule is CCNS(=O)(=O)Nc1ccc(C#CCCO)cc1C. The summed E-state index contributed by atoms with van der Waals surface area (Å²) in [6.07, 6.45) is 0.424. The third-order valence-electron chi connectivity index (χ3n) is 2.27. The van der Waals surface area contributed by atoms with E-state index in [4.69, 9.17) is 5.11 Å². The Morgan fingerprint density at radius 1 is 1.37 bits per heavy atom. The van der Waals surface area contributed by atoms with Crippen molar-refractivity contribution in [2.45, 2.75) is 20.3 Å². The molecule has 0 fully saturated rings. The molecule has 104 valence electrons. The van der Waals surface area contributed by atoms with Crippen LogP contribution >= 0.6 is 0 Å². The zero-order chi connectivity index (χ0) is 14.3. The minimum absolute atomic E-state index is 0.0343. The van der Waals surface area contributed by atoms with Crippen LogP contribution in [0.4, 0.5) is 5.69 Å². The van der Waals surface area contributed by atoms with Gasteiger partial charge in [-0.3, -0.25) is 4.72 Å². The number of hydrogen-bond acceptors (Lipinski definition) is 3. The van der Waals surface area contributed by atoms with Crippen molar-refractivity contribution >= 4 is 15.9 Å². The maximum absolute atomic E-state index is 11.6. The van der Waals surface area contributed by atoms with Crippen LogP contribution in [0.25, 0.3) is 0 Å². The van der Waals surface area contributed by atoms with Crippen LogP contribution in [0.1, 0.15) is 24.5 Å². The Labute approximate surface area is 114 Å². The van der Waals surface area contributed by atoms with E-state index in [1.54, 1.807) is 32.0 Å². The summed E-state index contributed by atoms with van der Waals surface area (Å²) in [7, 11) is -3.51. The molecule has 0 aliphatic heterocycles. The molecule has 0 saturated heterocycles. The number of aliphatic hydroxyl groups excluding tert-OH is 1. The van der Waals surface area contributed by atoms with E-state index in [9.17, 15) is 8.42 Å². The van der Waals surface area contributed by atoms with Crippen molar-refractivity contribution < 1.29 is 13.5 Å². The zero-order valence-electron chi connectivity index (χ0n) is 11.0. The minimum atomic E-state index is -3.51. The van der Waals surface area contributed by atoms with E-state index in [1.165, 1.54) is 0 Å². The second-order valence-electron chi connectivity index (χ2n) is 3.91. The summed E-state index contributed by atoms with van der Waals surface area (Å²) < 4.78 is 28.0. The summed E-state index contributed by atoms with van der Waals surface area (Å²) in [5, 5.41) is 8.63. The number of benzene rings is 1. The zero-order valence-corrected chi connectivity index (χ0v) is 11.8. The number of aliphatic hydroxyl groups is 1. The summed E-state index contributed by atoms with van der Waals surface area (Å²) in [6, 6.07) is 5.21. The van der Waals surface area contributed by atoms with Gasteiger partial charge in [-0.15, -0.1) is 0 Å². The molecular formula is C13H18N2O3S. The largest absolute Gasteiger partial charge is 0.395 e. The molecule has 0 aromatic heterocycles. The van der Waals surface area contributed by atoms with Crippen LogP contribution in [0.5, 0.6) is 0 Å². The summed E-state index contributed by atoms with van der Waals surface area (Å²) in [6.45, 7) is 3.89. The molecule has 6 heteroatoms. The van der Waals surface area contributed by atoms with Gasteiger partial charge in [0.05, 0.1) is 12.3 Å². The van der Waals surface area contributed by atoms with Gasteiger partial charge in [-0.05, 0) is 30.7 Å². The standard InChI is InChI=1S/C13H18N2O3S/c1-3-14-19(17,18)15-13-8-7-12(10-11(13)2)6-4-5-9-16/h7-8,10,14-16H,3,5,9H2,1-2H3. The van der Waals surface area contributed by atoms with Crippen molar-refractivity contribution in [3.8, 4) is 11.8 Å². The summed E-state index contributed by atoms with van der Waals surface area (Å²) in [4.78, 5) is 0. The van der Waals surface area contributed by atoms with Crippen LogP contribution in [-0.4, -0.2) is 26.7 Å². The fraction of sp³-hybridized carbons (Fsp3) is 0.385. The Hall–Kier alpha value is -1.55. The van der Waals surface area contributed by atoms with Crippen molar-refractivity contribution in [3.05, 3.63) is 29.3 Å². The Balaban J connectivity index is 2.87.